The van der Waals surface area contributed by atoms with E-state index in [1.54, 1.807) is 0 Å². The van der Waals surface area contributed by atoms with Crippen molar-refractivity contribution in [2.45, 2.75) is 26.3 Å². The molecule has 1 aromatic rings. The van der Waals surface area contributed by atoms with Crippen LogP contribution in [0.15, 0.2) is 28.7 Å². The number of nitrogens with one attached hydrogen (secondary N) is 2. The lowest BCUT2D eigenvalue weighted by Crippen LogP contribution is -2.40. The molecule has 1 rings (SSSR count). The fourth-order valence-electron chi connectivity index (χ4n) is 1.33. The molecule has 88 valence electrons. The first-order valence-electron chi connectivity index (χ1n) is 5.37. The summed E-state index contributed by atoms with van der Waals surface area (Å²) in [6, 6.07) is 8.08. The molecule has 0 fully saturated rings. The normalized spacial score (nSPS) is 10.2. The summed E-state index contributed by atoms with van der Waals surface area (Å²) >= 11 is 3.48. The summed E-state index contributed by atoms with van der Waals surface area (Å²) in [6.07, 6.45) is 0.826. The van der Waals surface area contributed by atoms with Gasteiger partial charge in [-0.3, -0.25) is 0 Å². The molecule has 4 heteroatoms. The summed E-state index contributed by atoms with van der Waals surface area (Å²) in [4.78, 5) is 11.3. The van der Waals surface area contributed by atoms with Crippen molar-refractivity contribution in [1.82, 2.24) is 10.6 Å². The molecule has 0 unspecified atom stereocenters. The van der Waals surface area contributed by atoms with Crippen LogP contribution in [0.5, 0.6) is 0 Å². The highest BCUT2D eigenvalue weighted by Gasteiger charge is 2.02. The van der Waals surface area contributed by atoms with Gasteiger partial charge in [-0.05, 0) is 31.9 Å². The van der Waals surface area contributed by atoms with Gasteiger partial charge in [0.15, 0.2) is 0 Å². The van der Waals surface area contributed by atoms with Crippen LogP contribution in [0.3, 0.4) is 0 Å². The summed E-state index contributed by atoms with van der Waals surface area (Å²) < 4.78 is 1.08. The van der Waals surface area contributed by atoms with Crippen molar-refractivity contribution in [3.05, 3.63) is 34.3 Å². The first-order chi connectivity index (χ1) is 7.59. The van der Waals surface area contributed by atoms with E-state index in [4.69, 9.17) is 0 Å². The van der Waals surface area contributed by atoms with Crippen molar-refractivity contribution in [2.75, 3.05) is 6.54 Å². The monoisotopic (exact) mass is 284 g/mol. The van der Waals surface area contributed by atoms with Gasteiger partial charge in [0.1, 0.15) is 0 Å². The average Bonchev–Trinajstić information content (AvgIpc) is 2.19. The number of benzene rings is 1. The van der Waals surface area contributed by atoms with Crippen LogP contribution in [-0.4, -0.2) is 18.6 Å². The number of carbonyl (C=O) groups excluding carboxylic acids is 1. The third-order valence-electron chi connectivity index (χ3n) is 2.06. The maximum atomic E-state index is 11.3. The van der Waals surface area contributed by atoms with Crippen LogP contribution in [0.25, 0.3) is 0 Å². The van der Waals surface area contributed by atoms with Gasteiger partial charge in [0.2, 0.25) is 0 Å². The molecule has 0 aliphatic heterocycles. The molecule has 16 heavy (non-hydrogen) atoms. The Balaban J connectivity index is 2.31. The van der Waals surface area contributed by atoms with E-state index in [0.29, 0.717) is 6.54 Å². The van der Waals surface area contributed by atoms with Crippen molar-refractivity contribution in [3.8, 4) is 0 Å². The zero-order valence-electron chi connectivity index (χ0n) is 9.59. The first kappa shape index (κ1) is 13.0. The van der Waals surface area contributed by atoms with Gasteiger partial charge in [0, 0.05) is 17.1 Å². The molecule has 2 N–H and O–H groups in total. The molecule has 1 aromatic carbocycles. The topological polar surface area (TPSA) is 41.1 Å². The summed E-state index contributed by atoms with van der Waals surface area (Å²) in [5.41, 5.74) is 1.20. The summed E-state index contributed by atoms with van der Waals surface area (Å²) in [5, 5.41) is 5.60. The van der Waals surface area contributed by atoms with Crippen molar-refractivity contribution in [3.63, 3.8) is 0 Å². The van der Waals surface area contributed by atoms with Crippen LogP contribution in [0.4, 0.5) is 4.79 Å². The lowest BCUT2D eigenvalue weighted by Gasteiger charge is -2.10. The van der Waals surface area contributed by atoms with Crippen LogP contribution in [0.1, 0.15) is 19.4 Å². The molecule has 0 bridgehead atoms. The smallest absolute Gasteiger partial charge is 0.314 e. The Morgan fingerprint density at radius 1 is 1.38 bits per heavy atom. The first-order valence-corrected chi connectivity index (χ1v) is 6.16. The highest BCUT2D eigenvalue weighted by molar-refractivity contribution is 9.10. The molecular formula is C12H17BrN2O. The van der Waals surface area contributed by atoms with E-state index in [-0.39, 0.29) is 12.1 Å². The molecule has 2 amide bonds. The Bertz CT molecular complexity index is 353. The van der Waals surface area contributed by atoms with Crippen molar-refractivity contribution in [2.24, 2.45) is 0 Å². The van der Waals surface area contributed by atoms with E-state index in [9.17, 15) is 4.79 Å². The van der Waals surface area contributed by atoms with Crippen LogP contribution < -0.4 is 10.6 Å². The maximum Gasteiger partial charge on any atom is 0.314 e. The summed E-state index contributed by atoms with van der Waals surface area (Å²) in [6.45, 7) is 4.52. The fraction of sp³-hybridized carbons (Fsp3) is 0.417. The number of amides is 2. The molecule has 0 heterocycles. The second-order valence-electron chi connectivity index (χ2n) is 3.90. The van der Waals surface area contributed by atoms with E-state index in [0.717, 1.165) is 10.9 Å². The molecule has 0 radical (unpaired) electrons. The number of urea groups is 1. The maximum absolute atomic E-state index is 11.3. The summed E-state index contributed by atoms with van der Waals surface area (Å²) in [7, 11) is 0. The van der Waals surface area contributed by atoms with Gasteiger partial charge in [0.05, 0.1) is 0 Å². The average molecular weight is 285 g/mol. The van der Waals surface area contributed by atoms with Crippen molar-refractivity contribution < 1.29 is 4.79 Å². The van der Waals surface area contributed by atoms with Gasteiger partial charge in [-0.15, -0.1) is 0 Å². The second-order valence-corrected chi connectivity index (χ2v) is 4.75. The molecule has 0 spiro atoms. The minimum Gasteiger partial charge on any atom is -0.338 e. The summed E-state index contributed by atoms with van der Waals surface area (Å²) in [5.74, 6) is 0. The molecule has 0 aliphatic rings. The number of hydrogen-bond acceptors (Lipinski definition) is 1. The third-order valence-corrected chi connectivity index (χ3v) is 2.83. The Morgan fingerprint density at radius 2 is 2.06 bits per heavy atom. The van der Waals surface area contributed by atoms with E-state index in [1.165, 1.54) is 5.56 Å². The van der Waals surface area contributed by atoms with Crippen LogP contribution in [0, 0.1) is 0 Å². The van der Waals surface area contributed by atoms with Gasteiger partial charge in [0.25, 0.3) is 0 Å². The lowest BCUT2D eigenvalue weighted by molar-refractivity contribution is 0.238. The molecule has 0 atom stereocenters. The van der Waals surface area contributed by atoms with Gasteiger partial charge in [-0.2, -0.15) is 0 Å². The van der Waals surface area contributed by atoms with E-state index in [1.807, 2.05) is 38.1 Å². The fourth-order valence-corrected chi connectivity index (χ4v) is 1.81. The third kappa shape index (κ3) is 4.66. The van der Waals surface area contributed by atoms with Crippen LogP contribution >= 0.6 is 15.9 Å². The molecular weight excluding hydrogens is 268 g/mol. The van der Waals surface area contributed by atoms with Crippen molar-refractivity contribution in [1.29, 1.82) is 0 Å². The predicted molar refractivity (Wildman–Crippen MR) is 69.5 cm³/mol. The lowest BCUT2D eigenvalue weighted by atomic mass is 10.1. The van der Waals surface area contributed by atoms with E-state index in [2.05, 4.69) is 26.6 Å². The molecule has 0 saturated carbocycles. The van der Waals surface area contributed by atoms with Gasteiger partial charge >= 0.3 is 6.03 Å². The second kappa shape index (κ2) is 6.53. The number of halogens is 1. The minimum atomic E-state index is -0.109. The van der Waals surface area contributed by atoms with Gasteiger partial charge in [-0.25, -0.2) is 4.79 Å². The van der Waals surface area contributed by atoms with Crippen LogP contribution in [-0.2, 0) is 6.42 Å². The number of rotatable bonds is 4. The molecule has 0 aliphatic carbocycles. The quantitative estimate of drug-likeness (QED) is 0.877. The van der Waals surface area contributed by atoms with Gasteiger partial charge in [-0.1, -0.05) is 34.1 Å². The molecule has 3 nitrogen and oxygen atoms in total. The number of hydrogen-bond donors (Lipinski definition) is 2. The standard InChI is InChI=1S/C12H17BrN2O/c1-9(2)15-12(16)14-8-7-10-5-3-4-6-11(10)13/h3-6,9H,7-8H2,1-2H3,(H2,14,15,16). The van der Waals surface area contributed by atoms with Crippen molar-refractivity contribution >= 4 is 22.0 Å². The Hall–Kier alpha value is -1.03. The SMILES string of the molecule is CC(C)NC(=O)NCCc1ccccc1Br. The Morgan fingerprint density at radius 3 is 2.69 bits per heavy atom. The van der Waals surface area contributed by atoms with E-state index < -0.39 is 0 Å². The molecule has 0 saturated heterocycles. The largest absolute Gasteiger partial charge is 0.338 e. The Kier molecular flexibility index (Phi) is 5.32. The minimum absolute atomic E-state index is 0.109. The van der Waals surface area contributed by atoms with E-state index >= 15 is 0 Å². The van der Waals surface area contributed by atoms with Crippen LogP contribution in [0.2, 0.25) is 0 Å². The highest BCUT2D eigenvalue weighted by atomic mass is 79.9. The predicted octanol–water partition coefficient (Wildman–Crippen LogP) is 2.70. The van der Waals surface area contributed by atoms with Gasteiger partial charge < -0.3 is 10.6 Å². The number of carbonyl (C=O) groups is 1. The Labute approximate surface area is 105 Å². The zero-order chi connectivity index (χ0) is 12.0. The highest BCUT2D eigenvalue weighted by Crippen LogP contribution is 2.15. The molecule has 0 aromatic heterocycles. The zero-order valence-corrected chi connectivity index (χ0v) is 11.2.